The van der Waals surface area contributed by atoms with E-state index in [4.69, 9.17) is 12.2 Å². The number of nitrogens with one attached hydrogen (secondary N) is 2. The molecule has 0 fully saturated rings. The van der Waals surface area contributed by atoms with Crippen molar-refractivity contribution in [2.24, 2.45) is 0 Å². The van der Waals surface area contributed by atoms with Crippen LogP contribution in [0.4, 0.5) is 5.69 Å². The summed E-state index contributed by atoms with van der Waals surface area (Å²) < 4.78 is 0. The second kappa shape index (κ2) is 8.54. The van der Waals surface area contributed by atoms with E-state index in [9.17, 15) is 0 Å². The Labute approximate surface area is 139 Å². The third-order valence-electron chi connectivity index (χ3n) is 3.68. The van der Waals surface area contributed by atoms with Crippen molar-refractivity contribution in [1.29, 1.82) is 0 Å². The maximum Gasteiger partial charge on any atom is 0.170 e. The zero-order valence-electron chi connectivity index (χ0n) is 13.3. The average Bonchev–Trinajstić information content (AvgIpc) is 2.54. The van der Waals surface area contributed by atoms with Crippen LogP contribution >= 0.6 is 12.2 Å². The molecule has 0 aliphatic carbocycles. The highest BCUT2D eigenvalue weighted by Crippen LogP contribution is 2.11. The number of anilines is 1. The van der Waals surface area contributed by atoms with Gasteiger partial charge in [-0.1, -0.05) is 49.4 Å². The molecule has 0 aliphatic heterocycles. The molecule has 116 valence electrons. The quantitative estimate of drug-likeness (QED) is 0.765. The number of hydrogen-bond donors (Lipinski definition) is 2. The Kier molecular flexibility index (Phi) is 6.41. The topological polar surface area (TPSA) is 24.1 Å². The van der Waals surface area contributed by atoms with Crippen molar-refractivity contribution in [2.75, 3.05) is 5.32 Å². The number of thiocarbonyl (C=S) groups is 1. The minimum atomic E-state index is 0.342. The molecular formula is C19H24N2S. The molecule has 3 heteroatoms. The van der Waals surface area contributed by atoms with E-state index in [-0.39, 0.29) is 0 Å². The van der Waals surface area contributed by atoms with Crippen LogP contribution in [0, 0.1) is 0 Å². The molecule has 2 N–H and O–H groups in total. The number of hydrogen-bond acceptors (Lipinski definition) is 1. The van der Waals surface area contributed by atoms with Gasteiger partial charge < -0.3 is 10.6 Å². The van der Waals surface area contributed by atoms with Crippen LogP contribution in [-0.2, 0) is 12.8 Å². The van der Waals surface area contributed by atoms with Crippen molar-refractivity contribution >= 4 is 23.0 Å². The standard InChI is InChI=1S/C19H24N2S/c1-3-16-10-7-11-18(14-16)21-19(22)20-15(2)12-13-17-8-5-4-6-9-17/h4-11,14-15H,3,12-13H2,1-2H3,(H2,20,21,22)/t15-/m0/s1. The number of aryl methyl sites for hydroxylation is 2. The van der Waals surface area contributed by atoms with Crippen LogP contribution in [0.15, 0.2) is 54.6 Å². The molecule has 0 heterocycles. The Morgan fingerprint density at radius 2 is 1.77 bits per heavy atom. The predicted molar refractivity (Wildman–Crippen MR) is 99.4 cm³/mol. The second-order valence-electron chi connectivity index (χ2n) is 5.58. The molecule has 0 saturated heterocycles. The minimum Gasteiger partial charge on any atom is -0.360 e. The van der Waals surface area contributed by atoms with Gasteiger partial charge in [0.1, 0.15) is 0 Å². The molecule has 0 aromatic heterocycles. The summed E-state index contributed by atoms with van der Waals surface area (Å²) in [6.07, 6.45) is 3.15. The van der Waals surface area contributed by atoms with Crippen LogP contribution in [0.3, 0.4) is 0 Å². The first-order chi connectivity index (χ1) is 10.7. The van der Waals surface area contributed by atoms with Crippen LogP contribution in [0.5, 0.6) is 0 Å². The summed E-state index contributed by atoms with van der Waals surface area (Å²) >= 11 is 5.40. The monoisotopic (exact) mass is 312 g/mol. The molecule has 2 nitrogen and oxygen atoms in total. The van der Waals surface area contributed by atoms with Crippen LogP contribution in [0.25, 0.3) is 0 Å². The Morgan fingerprint density at radius 1 is 1.05 bits per heavy atom. The molecule has 0 radical (unpaired) electrons. The summed E-state index contributed by atoms with van der Waals surface area (Å²) in [6.45, 7) is 4.32. The summed E-state index contributed by atoms with van der Waals surface area (Å²) in [6, 6.07) is 19.3. The van der Waals surface area contributed by atoms with Crippen LogP contribution in [0.1, 0.15) is 31.4 Å². The van der Waals surface area contributed by atoms with Crippen molar-refractivity contribution in [3.8, 4) is 0 Å². The Morgan fingerprint density at radius 3 is 2.50 bits per heavy atom. The highest BCUT2D eigenvalue weighted by molar-refractivity contribution is 7.80. The fourth-order valence-corrected chi connectivity index (χ4v) is 2.68. The first kappa shape index (κ1) is 16.5. The van der Waals surface area contributed by atoms with Crippen LogP contribution in [-0.4, -0.2) is 11.2 Å². The van der Waals surface area contributed by atoms with Crippen molar-refractivity contribution in [1.82, 2.24) is 5.32 Å². The normalized spacial score (nSPS) is 11.7. The molecule has 0 spiro atoms. The van der Waals surface area contributed by atoms with Gasteiger partial charge in [0.2, 0.25) is 0 Å². The molecular weight excluding hydrogens is 288 g/mol. The zero-order valence-corrected chi connectivity index (χ0v) is 14.1. The van der Waals surface area contributed by atoms with Gasteiger partial charge in [-0.3, -0.25) is 0 Å². The van der Waals surface area contributed by atoms with Gasteiger partial charge in [0.05, 0.1) is 0 Å². The Hall–Kier alpha value is -1.87. The third-order valence-corrected chi connectivity index (χ3v) is 3.90. The molecule has 0 bridgehead atoms. The first-order valence-corrected chi connectivity index (χ1v) is 8.28. The van der Waals surface area contributed by atoms with Crippen molar-refractivity contribution in [3.05, 3.63) is 65.7 Å². The summed E-state index contributed by atoms with van der Waals surface area (Å²) in [5, 5.41) is 7.31. The van der Waals surface area contributed by atoms with E-state index < -0.39 is 0 Å². The van der Waals surface area contributed by atoms with Crippen LogP contribution < -0.4 is 10.6 Å². The molecule has 2 aromatic carbocycles. The smallest absolute Gasteiger partial charge is 0.170 e. The van der Waals surface area contributed by atoms with Gasteiger partial charge in [-0.15, -0.1) is 0 Å². The van der Waals surface area contributed by atoms with E-state index in [2.05, 4.69) is 73.0 Å². The minimum absolute atomic E-state index is 0.342. The fourth-order valence-electron chi connectivity index (χ4n) is 2.36. The highest BCUT2D eigenvalue weighted by Gasteiger charge is 2.05. The largest absolute Gasteiger partial charge is 0.360 e. The van der Waals surface area contributed by atoms with Gasteiger partial charge in [-0.05, 0) is 61.7 Å². The molecule has 2 rings (SSSR count). The van der Waals surface area contributed by atoms with Gasteiger partial charge in [0.25, 0.3) is 0 Å². The van der Waals surface area contributed by atoms with Gasteiger partial charge in [0, 0.05) is 11.7 Å². The SMILES string of the molecule is CCc1cccc(NC(=S)N[C@@H](C)CCc2ccccc2)c1. The van der Waals surface area contributed by atoms with Crippen molar-refractivity contribution in [2.45, 2.75) is 39.2 Å². The lowest BCUT2D eigenvalue weighted by Gasteiger charge is -2.17. The number of rotatable bonds is 6. The van der Waals surface area contributed by atoms with E-state index in [0.717, 1.165) is 24.9 Å². The Balaban J connectivity index is 1.78. The maximum atomic E-state index is 5.40. The first-order valence-electron chi connectivity index (χ1n) is 7.87. The maximum absolute atomic E-state index is 5.40. The summed E-state index contributed by atoms with van der Waals surface area (Å²) in [5.74, 6) is 0. The molecule has 0 amide bonds. The van der Waals surface area contributed by atoms with Gasteiger partial charge in [-0.2, -0.15) is 0 Å². The molecule has 0 aliphatic rings. The van der Waals surface area contributed by atoms with Crippen molar-refractivity contribution < 1.29 is 0 Å². The van der Waals surface area contributed by atoms with E-state index in [1.54, 1.807) is 0 Å². The lowest BCUT2D eigenvalue weighted by atomic mass is 10.1. The summed E-state index contributed by atoms with van der Waals surface area (Å²) in [7, 11) is 0. The lowest BCUT2D eigenvalue weighted by molar-refractivity contribution is 0.609. The lowest BCUT2D eigenvalue weighted by Crippen LogP contribution is -2.36. The van der Waals surface area contributed by atoms with Crippen LogP contribution in [0.2, 0.25) is 0 Å². The van der Waals surface area contributed by atoms with E-state index >= 15 is 0 Å². The molecule has 2 aromatic rings. The second-order valence-corrected chi connectivity index (χ2v) is 5.99. The molecule has 0 saturated carbocycles. The summed E-state index contributed by atoms with van der Waals surface area (Å²) in [5.41, 5.74) is 3.72. The Bertz CT molecular complexity index is 595. The fraction of sp³-hybridized carbons (Fsp3) is 0.316. The molecule has 22 heavy (non-hydrogen) atoms. The zero-order chi connectivity index (χ0) is 15.8. The molecule has 0 unspecified atom stereocenters. The van der Waals surface area contributed by atoms with E-state index in [1.165, 1.54) is 11.1 Å². The van der Waals surface area contributed by atoms with Gasteiger partial charge in [0.15, 0.2) is 5.11 Å². The highest BCUT2D eigenvalue weighted by atomic mass is 32.1. The van der Waals surface area contributed by atoms with Gasteiger partial charge in [-0.25, -0.2) is 0 Å². The molecule has 1 atom stereocenters. The van der Waals surface area contributed by atoms with Gasteiger partial charge >= 0.3 is 0 Å². The average molecular weight is 312 g/mol. The number of benzene rings is 2. The summed E-state index contributed by atoms with van der Waals surface area (Å²) in [4.78, 5) is 0. The van der Waals surface area contributed by atoms with Crippen molar-refractivity contribution in [3.63, 3.8) is 0 Å². The van der Waals surface area contributed by atoms with E-state index in [1.807, 2.05) is 6.07 Å². The predicted octanol–water partition coefficient (Wildman–Crippen LogP) is 4.56. The van der Waals surface area contributed by atoms with E-state index in [0.29, 0.717) is 11.2 Å². The third kappa shape index (κ3) is 5.49.